The first kappa shape index (κ1) is 17.6. The predicted molar refractivity (Wildman–Crippen MR) is 78.1 cm³/mol. The Morgan fingerprint density at radius 1 is 0.476 bits per heavy atom. The van der Waals surface area contributed by atoms with Crippen LogP contribution in [0.25, 0.3) is 0 Å². The van der Waals surface area contributed by atoms with Crippen LogP contribution in [0.5, 0.6) is 0 Å². The van der Waals surface area contributed by atoms with Crippen molar-refractivity contribution in [3.05, 3.63) is 0 Å². The van der Waals surface area contributed by atoms with E-state index in [1.54, 1.807) is 0 Å². The van der Waals surface area contributed by atoms with E-state index in [1.807, 2.05) is 0 Å². The van der Waals surface area contributed by atoms with E-state index >= 15 is 0 Å². The molecule has 2 rings (SSSR count). The average Bonchev–Trinajstić information content (AvgIpc) is 2.93. The third-order valence-electron chi connectivity index (χ3n) is 3.21. The second kappa shape index (κ2) is 11.8. The third kappa shape index (κ3) is 7.90. The van der Waals surface area contributed by atoms with Crippen LogP contribution in [-0.2, 0) is 28.4 Å². The Labute approximate surface area is 132 Å². The molecule has 0 saturated carbocycles. The Morgan fingerprint density at radius 2 is 0.810 bits per heavy atom. The molecular weight excluding hydrogens is 343 g/mol. The van der Waals surface area contributed by atoms with Gasteiger partial charge in [-0.15, -0.1) is 0 Å². The summed E-state index contributed by atoms with van der Waals surface area (Å²) in [4.78, 5) is 0. The standard InChI is InChI=1S/C14H26O6Se/c1-2-16-4-6-18-8-10-20-14-12-21-11-13(14)19-9-7-17-5-3-15-1/h13-14H,1-12H2/t13-,14-/m0/s1. The molecule has 0 bridgehead atoms. The van der Waals surface area contributed by atoms with Crippen LogP contribution in [0, 0.1) is 0 Å². The minimum absolute atomic E-state index is 0.229. The zero-order valence-corrected chi connectivity index (χ0v) is 14.2. The van der Waals surface area contributed by atoms with Crippen LogP contribution < -0.4 is 0 Å². The van der Waals surface area contributed by atoms with Crippen molar-refractivity contribution in [1.82, 2.24) is 0 Å². The number of rotatable bonds is 0. The molecule has 0 aromatic carbocycles. The summed E-state index contributed by atoms with van der Waals surface area (Å²) >= 11 is 0.636. The molecule has 2 saturated heterocycles. The van der Waals surface area contributed by atoms with E-state index in [9.17, 15) is 0 Å². The Hall–Kier alpha value is 0.279. The van der Waals surface area contributed by atoms with Crippen molar-refractivity contribution in [2.24, 2.45) is 0 Å². The molecule has 0 radical (unpaired) electrons. The summed E-state index contributed by atoms with van der Waals surface area (Å²) in [6.45, 7) is 6.04. The van der Waals surface area contributed by atoms with Gasteiger partial charge in [0.2, 0.25) is 0 Å². The van der Waals surface area contributed by atoms with E-state index in [4.69, 9.17) is 28.4 Å². The topological polar surface area (TPSA) is 55.4 Å². The van der Waals surface area contributed by atoms with Crippen LogP contribution in [0.3, 0.4) is 0 Å². The normalized spacial score (nSPS) is 32.0. The first-order chi connectivity index (χ1) is 10.5. The molecule has 6 nitrogen and oxygen atoms in total. The number of hydrogen-bond donors (Lipinski definition) is 0. The summed E-state index contributed by atoms with van der Waals surface area (Å²) in [7, 11) is 0. The summed E-state index contributed by atoms with van der Waals surface area (Å²) < 4.78 is 33.5. The van der Waals surface area contributed by atoms with Gasteiger partial charge < -0.3 is 0 Å². The number of hydrogen-bond acceptors (Lipinski definition) is 6. The number of ether oxygens (including phenoxy) is 6. The zero-order chi connectivity index (χ0) is 14.6. The molecule has 0 spiro atoms. The van der Waals surface area contributed by atoms with Gasteiger partial charge >= 0.3 is 132 Å². The molecule has 124 valence electrons. The summed E-state index contributed by atoms with van der Waals surface area (Å²) in [5.41, 5.74) is 0. The van der Waals surface area contributed by atoms with Crippen LogP contribution in [0.15, 0.2) is 0 Å². The maximum absolute atomic E-state index is 5.88. The van der Waals surface area contributed by atoms with Crippen LogP contribution in [0.4, 0.5) is 0 Å². The quantitative estimate of drug-likeness (QED) is 0.576. The molecule has 21 heavy (non-hydrogen) atoms. The van der Waals surface area contributed by atoms with Crippen molar-refractivity contribution in [3.8, 4) is 0 Å². The summed E-state index contributed by atoms with van der Waals surface area (Å²) in [5.74, 6) is 0. The molecule has 7 heteroatoms. The Balaban J connectivity index is 1.65. The molecule has 2 heterocycles. The Kier molecular flexibility index (Phi) is 9.90. The fourth-order valence-electron chi connectivity index (χ4n) is 2.10. The van der Waals surface area contributed by atoms with Gasteiger partial charge in [-0.2, -0.15) is 0 Å². The maximum atomic E-state index is 5.88. The fraction of sp³-hybridized carbons (Fsp3) is 1.00. The van der Waals surface area contributed by atoms with Gasteiger partial charge in [-0.1, -0.05) is 0 Å². The van der Waals surface area contributed by atoms with Gasteiger partial charge in [0.1, 0.15) is 0 Å². The molecular formula is C14H26O6Se. The van der Waals surface area contributed by atoms with Crippen molar-refractivity contribution in [2.45, 2.75) is 22.8 Å². The second-order valence-electron chi connectivity index (χ2n) is 4.81. The van der Waals surface area contributed by atoms with E-state index in [0.29, 0.717) is 81.0 Å². The van der Waals surface area contributed by atoms with E-state index in [2.05, 4.69) is 0 Å². The fourth-order valence-corrected chi connectivity index (χ4v) is 4.67. The van der Waals surface area contributed by atoms with E-state index in [-0.39, 0.29) is 12.2 Å². The van der Waals surface area contributed by atoms with Gasteiger partial charge in [0, 0.05) is 0 Å². The van der Waals surface area contributed by atoms with Crippen molar-refractivity contribution >= 4 is 15.0 Å². The van der Waals surface area contributed by atoms with Crippen LogP contribution in [0.2, 0.25) is 10.6 Å². The Bertz CT molecular complexity index is 232. The molecule has 0 aromatic heterocycles. The van der Waals surface area contributed by atoms with Gasteiger partial charge in [0.25, 0.3) is 0 Å². The number of fused-ring (bicyclic) bond motifs is 1. The van der Waals surface area contributed by atoms with Gasteiger partial charge in [-0.3, -0.25) is 0 Å². The molecule has 0 amide bonds. The molecule has 0 unspecified atom stereocenters. The van der Waals surface area contributed by atoms with Crippen LogP contribution in [0.1, 0.15) is 0 Å². The van der Waals surface area contributed by atoms with Crippen molar-refractivity contribution in [2.75, 3.05) is 66.1 Å². The van der Waals surface area contributed by atoms with Crippen molar-refractivity contribution < 1.29 is 28.4 Å². The molecule has 0 aromatic rings. The van der Waals surface area contributed by atoms with E-state index < -0.39 is 0 Å². The molecule has 0 N–H and O–H groups in total. The third-order valence-corrected chi connectivity index (χ3v) is 5.58. The van der Waals surface area contributed by atoms with Crippen LogP contribution in [-0.4, -0.2) is 93.2 Å². The van der Waals surface area contributed by atoms with Gasteiger partial charge in [0.05, 0.1) is 0 Å². The first-order valence-electron chi connectivity index (χ1n) is 7.59. The average molecular weight is 369 g/mol. The molecule has 0 aliphatic carbocycles. The van der Waals surface area contributed by atoms with E-state index in [1.165, 1.54) is 0 Å². The van der Waals surface area contributed by atoms with Crippen LogP contribution >= 0.6 is 0 Å². The van der Waals surface area contributed by atoms with Gasteiger partial charge in [0.15, 0.2) is 0 Å². The molecule has 2 atom stereocenters. The molecule has 2 fully saturated rings. The predicted octanol–water partition coefficient (Wildman–Crippen LogP) is 0.391. The van der Waals surface area contributed by atoms with Gasteiger partial charge in [-0.25, -0.2) is 0 Å². The summed E-state index contributed by atoms with van der Waals surface area (Å²) in [6, 6.07) is 0. The van der Waals surface area contributed by atoms with Gasteiger partial charge in [-0.05, 0) is 0 Å². The van der Waals surface area contributed by atoms with Crippen molar-refractivity contribution in [3.63, 3.8) is 0 Å². The second-order valence-corrected chi connectivity index (χ2v) is 7.06. The Morgan fingerprint density at radius 3 is 1.19 bits per heavy atom. The van der Waals surface area contributed by atoms with Crippen molar-refractivity contribution in [1.29, 1.82) is 0 Å². The first-order valence-corrected chi connectivity index (χ1v) is 10.0. The van der Waals surface area contributed by atoms with E-state index in [0.717, 1.165) is 10.6 Å². The SMILES string of the molecule is C1COCCOCCO[C@H]2C[Se]C[C@@H]2OCCOCCO1. The minimum atomic E-state index is 0.229. The molecule has 2 aliphatic rings. The molecule has 2 aliphatic heterocycles. The summed E-state index contributed by atoms with van der Waals surface area (Å²) in [6.07, 6.45) is 0.458. The monoisotopic (exact) mass is 370 g/mol. The summed E-state index contributed by atoms with van der Waals surface area (Å²) in [5, 5.41) is 2.27. The zero-order valence-electron chi connectivity index (χ0n) is 12.5.